The average Bonchev–Trinajstić information content (AvgIpc) is 0.942. The normalized spacial score (nSPS) is 13.1. The van der Waals surface area contributed by atoms with Gasteiger partial charge in [-0.05, 0) is 207 Å². The van der Waals surface area contributed by atoms with E-state index in [1.807, 2.05) is 0 Å². The van der Waals surface area contributed by atoms with Crippen molar-refractivity contribution in [1.82, 2.24) is 9.80 Å². The van der Waals surface area contributed by atoms with Crippen molar-refractivity contribution in [1.29, 1.82) is 0 Å². The number of rotatable bonds is 98. The molecule has 118 heavy (non-hydrogen) atoms. The zero-order chi connectivity index (χ0) is 86.7. The molecule has 14 nitrogen and oxygen atoms in total. The zero-order valence-electron chi connectivity index (χ0n) is 81.6. The van der Waals surface area contributed by atoms with Crippen LogP contribution >= 0.6 is 0 Å². The number of aliphatic hydroxyl groups is 2. The molecule has 0 heterocycles. The fourth-order valence-electron chi connectivity index (χ4n) is 16.1. The second-order valence-corrected chi connectivity index (χ2v) is 43.4. The number of carbonyl (C=O) groups excluding carboxylic acids is 2. The van der Waals surface area contributed by atoms with Gasteiger partial charge in [0.05, 0.1) is 25.0 Å². The SMILES string of the molecule is CCCCCCCCCOC(CCCCCCC)O[Si](C)(C)OCCCCCCN(CCCCO)CCCCCCOC(=O)C(CCCCCC)CCCCCCCC.CCCCCCCCCOC(CCCCCCC)O[Si](C)(C)OCCCCCCN(CCCCO)CCCCCCOC(=O)C(CCCCCC)CCCCCCCC. The van der Waals surface area contributed by atoms with E-state index in [4.69, 9.17) is 36.7 Å². The second kappa shape index (κ2) is 95.1. The first-order valence-corrected chi connectivity index (χ1v) is 58.2. The Hall–Kier alpha value is -1.03. The number of hydrogen-bond acceptors (Lipinski definition) is 14. The minimum atomic E-state index is -2.27. The summed E-state index contributed by atoms with van der Waals surface area (Å²) in [4.78, 5) is 31.2. The molecule has 4 unspecified atom stereocenters. The molecule has 2 N–H and O–H groups in total. The highest BCUT2D eigenvalue weighted by molar-refractivity contribution is 6.64. The van der Waals surface area contributed by atoms with Gasteiger partial charge in [0, 0.05) is 39.6 Å². The van der Waals surface area contributed by atoms with E-state index in [1.54, 1.807) is 0 Å². The van der Waals surface area contributed by atoms with E-state index < -0.39 is 17.1 Å². The summed E-state index contributed by atoms with van der Waals surface area (Å²) < 4.78 is 50.4. The van der Waals surface area contributed by atoms with E-state index in [1.165, 1.54) is 308 Å². The molecule has 0 aromatic carbocycles. The van der Waals surface area contributed by atoms with Crippen LogP contribution in [-0.2, 0) is 46.2 Å². The predicted octanol–water partition coefficient (Wildman–Crippen LogP) is 30.5. The number of nitrogens with zero attached hydrogens (tertiary/aromatic N) is 2. The highest BCUT2D eigenvalue weighted by atomic mass is 28.4. The van der Waals surface area contributed by atoms with Gasteiger partial charge in [0.15, 0.2) is 0 Å². The molecular weight excluding hydrogens is 1500 g/mol. The summed E-state index contributed by atoms with van der Waals surface area (Å²) in [5.41, 5.74) is 0. The number of ether oxygens (including phenoxy) is 4. The molecule has 0 aromatic rings. The van der Waals surface area contributed by atoms with Gasteiger partial charge in [-0.25, -0.2) is 0 Å². The monoisotopic (exact) mass is 1710 g/mol. The molecule has 0 aliphatic carbocycles. The van der Waals surface area contributed by atoms with Crippen molar-refractivity contribution in [3.8, 4) is 0 Å². The molecule has 0 spiro atoms. The molecule has 0 aromatic heterocycles. The fourth-order valence-corrected chi connectivity index (χ4v) is 19.2. The lowest BCUT2D eigenvalue weighted by molar-refractivity contribution is -0.150. The topological polar surface area (TPSA) is 155 Å². The van der Waals surface area contributed by atoms with Gasteiger partial charge in [0.25, 0.3) is 0 Å². The van der Waals surface area contributed by atoms with E-state index in [-0.39, 0.29) is 49.6 Å². The molecule has 0 aliphatic heterocycles. The third-order valence-electron chi connectivity index (χ3n) is 23.9. The van der Waals surface area contributed by atoms with Crippen LogP contribution in [0.4, 0.5) is 0 Å². The summed E-state index contributed by atoms with van der Waals surface area (Å²) in [6.07, 6.45) is 83.6. The molecular formula is C102H210N2O12Si2. The van der Waals surface area contributed by atoms with Crippen molar-refractivity contribution in [3.05, 3.63) is 0 Å². The molecule has 0 bridgehead atoms. The lowest BCUT2D eigenvalue weighted by Gasteiger charge is -2.29. The van der Waals surface area contributed by atoms with Gasteiger partial charge in [-0.1, -0.05) is 364 Å². The standard InChI is InChI=1S/2C51H105NO6Si/c2*1-7-11-15-19-21-26-36-46-55-50(41-31-22-17-13-9-3)58-59(5,6)57-48-38-28-25-33-43-52(44-34-35-45-53)42-32-24-27-37-47-56-51(54)49(39-29-18-14-10-4)40-30-23-20-16-12-8-2/h2*49-50,53H,7-48H2,1-6H3. The predicted molar refractivity (Wildman–Crippen MR) is 513 cm³/mol. The lowest BCUT2D eigenvalue weighted by atomic mass is 9.94. The van der Waals surface area contributed by atoms with Crippen molar-refractivity contribution in [2.24, 2.45) is 11.8 Å². The number of esters is 2. The first-order chi connectivity index (χ1) is 57.7. The number of hydrogen-bond donors (Lipinski definition) is 2. The van der Waals surface area contributed by atoms with Crippen LogP contribution in [0.3, 0.4) is 0 Å². The minimum Gasteiger partial charge on any atom is -0.465 e. The molecule has 16 heteroatoms. The molecule has 0 fully saturated rings. The Bertz CT molecular complexity index is 1830. The van der Waals surface area contributed by atoms with Crippen molar-refractivity contribution >= 4 is 29.1 Å². The van der Waals surface area contributed by atoms with Crippen LogP contribution in [0.5, 0.6) is 0 Å². The smallest absolute Gasteiger partial charge is 0.333 e. The van der Waals surface area contributed by atoms with Crippen LogP contribution in [0.2, 0.25) is 26.2 Å². The Morgan fingerprint density at radius 3 is 0.686 bits per heavy atom. The quantitative estimate of drug-likeness (QED) is 0.0257. The maximum absolute atomic E-state index is 13.0. The Morgan fingerprint density at radius 2 is 0.432 bits per heavy atom. The van der Waals surface area contributed by atoms with Crippen molar-refractivity contribution in [3.63, 3.8) is 0 Å². The first kappa shape index (κ1) is 119. The largest absolute Gasteiger partial charge is 0.465 e. The van der Waals surface area contributed by atoms with Crippen LogP contribution in [-0.4, -0.2) is 154 Å². The number of aliphatic hydroxyl groups excluding tert-OH is 2. The van der Waals surface area contributed by atoms with E-state index in [2.05, 4.69) is 91.4 Å². The molecule has 0 saturated heterocycles. The van der Waals surface area contributed by atoms with Crippen LogP contribution in [0.1, 0.15) is 505 Å². The summed E-state index contributed by atoms with van der Waals surface area (Å²) in [6, 6.07) is 0. The summed E-state index contributed by atoms with van der Waals surface area (Å²) in [6.45, 7) is 38.3. The average molecular weight is 1710 g/mol. The minimum absolute atomic E-state index is 0.0619. The Balaban J connectivity index is 0. The van der Waals surface area contributed by atoms with E-state index in [9.17, 15) is 19.8 Å². The van der Waals surface area contributed by atoms with Gasteiger partial charge in [0.2, 0.25) is 0 Å². The van der Waals surface area contributed by atoms with Crippen molar-refractivity contribution in [2.45, 2.75) is 544 Å². The van der Waals surface area contributed by atoms with Crippen molar-refractivity contribution in [2.75, 3.05) is 92.1 Å². The fraction of sp³-hybridized carbons (Fsp3) is 0.980. The van der Waals surface area contributed by atoms with Gasteiger partial charge in [0.1, 0.15) is 12.6 Å². The maximum atomic E-state index is 13.0. The summed E-state index contributed by atoms with van der Waals surface area (Å²) in [5.74, 6) is 0.314. The second-order valence-electron chi connectivity index (χ2n) is 36.7. The molecule has 708 valence electrons. The van der Waals surface area contributed by atoms with Gasteiger partial charge >= 0.3 is 29.1 Å². The summed E-state index contributed by atoms with van der Waals surface area (Å²) in [5, 5.41) is 18.7. The van der Waals surface area contributed by atoms with Crippen LogP contribution in [0.25, 0.3) is 0 Å². The van der Waals surface area contributed by atoms with E-state index in [0.29, 0.717) is 13.2 Å². The Morgan fingerprint density at radius 1 is 0.237 bits per heavy atom. The van der Waals surface area contributed by atoms with E-state index >= 15 is 0 Å². The summed E-state index contributed by atoms with van der Waals surface area (Å²) >= 11 is 0. The molecule has 0 rings (SSSR count). The number of carbonyl (C=O) groups is 2. The van der Waals surface area contributed by atoms with Gasteiger partial charge in [-0.15, -0.1) is 0 Å². The Kier molecular flexibility index (Phi) is 95.9. The van der Waals surface area contributed by atoms with Gasteiger partial charge < -0.3 is 56.7 Å². The van der Waals surface area contributed by atoms with Crippen LogP contribution < -0.4 is 0 Å². The molecule has 4 atom stereocenters. The molecule has 0 aliphatic rings. The van der Waals surface area contributed by atoms with Gasteiger partial charge in [-0.2, -0.15) is 0 Å². The van der Waals surface area contributed by atoms with E-state index in [0.717, 1.165) is 207 Å². The maximum Gasteiger partial charge on any atom is 0.333 e. The van der Waals surface area contributed by atoms with Gasteiger partial charge in [-0.3, -0.25) is 9.59 Å². The lowest BCUT2D eigenvalue weighted by Crippen LogP contribution is -2.40. The Labute approximate surface area is 738 Å². The highest BCUT2D eigenvalue weighted by Gasteiger charge is 2.31. The molecule has 0 radical (unpaired) electrons. The summed E-state index contributed by atoms with van der Waals surface area (Å²) in [7, 11) is -4.54. The van der Waals surface area contributed by atoms with Crippen molar-refractivity contribution < 1.29 is 56.5 Å². The third kappa shape index (κ3) is 87.1. The number of unbranched alkanes of at least 4 members (excludes halogenated alkanes) is 50. The first-order valence-electron chi connectivity index (χ1n) is 52.5. The zero-order valence-corrected chi connectivity index (χ0v) is 83.6. The molecule has 0 amide bonds. The van der Waals surface area contributed by atoms with Crippen LogP contribution in [0.15, 0.2) is 0 Å². The van der Waals surface area contributed by atoms with Crippen LogP contribution in [0, 0.1) is 11.8 Å². The molecule has 0 saturated carbocycles. The third-order valence-corrected chi connectivity index (χ3v) is 27.4. The highest BCUT2D eigenvalue weighted by Crippen LogP contribution is 2.26.